The molecule has 0 N–H and O–H groups in total. The van der Waals surface area contributed by atoms with Crippen molar-refractivity contribution in [1.29, 1.82) is 0 Å². The number of fused-ring (bicyclic) bond motifs is 6. The Morgan fingerprint density at radius 3 is 2.55 bits per heavy atom. The summed E-state index contributed by atoms with van der Waals surface area (Å²) in [7, 11) is 0. The van der Waals surface area contributed by atoms with E-state index in [0.29, 0.717) is 38.3 Å². The number of carbonyl (C=O) groups excluding carboxylic acids is 4. The van der Waals surface area contributed by atoms with E-state index in [1.54, 1.807) is 47.8 Å². The van der Waals surface area contributed by atoms with Crippen molar-refractivity contribution in [2.24, 2.45) is 23.7 Å². The van der Waals surface area contributed by atoms with Crippen LogP contribution in [0.4, 0.5) is 5.69 Å². The lowest BCUT2D eigenvalue weighted by molar-refractivity contribution is -0.123. The highest BCUT2D eigenvalue weighted by atomic mass is 79.9. The maximum atomic E-state index is 13.4. The van der Waals surface area contributed by atoms with Gasteiger partial charge in [-0.25, -0.2) is 9.78 Å². The Labute approximate surface area is 254 Å². The maximum absolute atomic E-state index is 13.4. The van der Waals surface area contributed by atoms with Gasteiger partial charge in [0.25, 0.3) is 0 Å². The number of allylic oxidation sites excluding steroid dienone is 2. The molecule has 3 aliphatic rings. The summed E-state index contributed by atoms with van der Waals surface area (Å²) < 4.78 is 6.25. The molecular formula is C33H25BrN2O5S. The number of pyridine rings is 1. The van der Waals surface area contributed by atoms with Crippen LogP contribution in [-0.2, 0) is 14.3 Å². The number of imide groups is 1. The van der Waals surface area contributed by atoms with Gasteiger partial charge in [0.15, 0.2) is 6.61 Å². The van der Waals surface area contributed by atoms with Crippen molar-refractivity contribution in [3.8, 4) is 11.3 Å². The fraction of sp³-hybridized carbons (Fsp3) is 0.242. The highest BCUT2D eigenvalue weighted by molar-refractivity contribution is 9.10. The molecule has 4 aromatic rings. The highest BCUT2D eigenvalue weighted by Gasteiger charge is 2.60. The molecule has 0 radical (unpaired) electrons. The molecule has 1 saturated carbocycles. The molecule has 4 unspecified atom stereocenters. The van der Waals surface area contributed by atoms with Crippen LogP contribution in [0.15, 0.2) is 76.1 Å². The first kappa shape index (κ1) is 26.9. The zero-order valence-electron chi connectivity index (χ0n) is 22.8. The number of Topliss-reactive ketones (excluding diaryl/α,β-unsaturated/α-hetero) is 1. The number of ether oxygens (including phenoxy) is 1. The smallest absolute Gasteiger partial charge is 0.339 e. The Bertz CT molecular complexity index is 1850. The number of aryl methyl sites for hydroxylation is 1. The largest absolute Gasteiger partial charge is 0.454 e. The van der Waals surface area contributed by atoms with Crippen molar-refractivity contribution in [2.45, 2.75) is 20.3 Å². The van der Waals surface area contributed by atoms with Crippen LogP contribution in [0, 0.1) is 30.6 Å². The van der Waals surface area contributed by atoms with Crippen LogP contribution in [0.3, 0.4) is 0 Å². The van der Waals surface area contributed by atoms with Gasteiger partial charge in [-0.05, 0) is 79.4 Å². The Kier molecular flexibility index (Phi) is 6.47. The molecule has 210 valence electrons. The van der Waals surface area contributed by atoms with E-state index < -0.39 is 5.97 Å². The number of carbonyl (C=O) groups is 4. The molecule has 9 heteroatoms. The first-order chi connectivity index (χ1) is 20.2. The van der Waals surface area contributed by atoms with Crippen molar-refractivity contribution < 1.29 is 23.9 Å². The van der Waals surface area contributed by atoms with Gasteiger partial charge in [0.1, 0.15) is 0 Å². The van der Waals surface area contributed by atoms with E-state index >= 15 is 0 Å². The third-order valence-electron chi connectivity index (χ3n) is 8.72. The average molecular weight is 642 g/mol. The summed E-state index contributed by atoms with van der Waals surface area (Å²) in [5.74, 6) is -1.37. The predicted octanol–water partition coefficient (Wildman–Crippen LogP) is 6.78. The quantitative estimate of drug-likeness (QED) is 0.0998. The molecule has 2 fully saturated rings. The Balaban J connectivity index is 1.20. The molecular weight excluding hydrogens is 616 g/mol. The molecule has 2 bridgehead atoms. The number of hydrogen-bond donors (Lipinski definition) is 0. The molecule has 2 aliphatic carbocycles. The third-order valence-corrected chi connectivity index (χ3v) is 10.1. The van der Waals surface area contributed by atoms with E-state index in [0.717, 1.165) is 16.5 Å². The number of anilines is 1. The average Bonchev–Trinajstić information content (AvgIpc) is 3.76. The van der Waals surface area contributed by atoms with Crippen molar-refractivity contribution in [1.82, 2.24) is 4.98 Å². The number of rotatable bonds is 6. The summed E-state index contributed by atoms with van der Waals surface area (Å²) in [4.78, 5) is 59.2. The molecule has 7 nitrogen and oxygen atoms in total. The number of benzene rings is 2. The second-order valence-electron chi connectivity index (χ2n) is 11.2. The molecule has 1 aliphatic heterocycles. The molecule has 42 heavy (non-hydrogen) atoms. The Morgan fingerprint density at radius 2 is 1.81 bits per heavy atom. The van der Waals surface area contributed by atoms with Crippen LogP contribution in [-0.4, -0.2) is 35.2 Å². The summed E-state index contributed by atoms with van der Waals surface area (Å²) in [5, 5.41) is 2.40. The minimum Gasteiger partial charge on any atom is -0.454 e. The minimum absolute atomic E-state index is 0.121. The second kappa shape index (κ2) is 10.1. The zero-order valence-corrected chi connectivity index (χ0v) is 25.2. The van der Waals surface area contributed by atoms with E-state index in [1.165, 1.54) is 21.8 Å². The molecule has 2 aromatic heterocycles. The number of hydrogen-bond acceptors (Lipinski definition) is 7. The van der Waals surface area contributed by atoms with Gasteiger partial charge >= 0.3 is 5.97 Å². The van der Waals surface area contributed by atoms with Crippen LogP contribution < -0.4 is 4.90 Å². The molecule has 1 saturated heterocycles. The lowest BCUT2D eigenvalue weighted by Gasteiger charge is -2.19. The lowest BCUT2D eigenvalue weighted by Crippen LogP contribution is -2.32. The van der Waals surface area contributed by atoms with Crippen LogP contribution in [0.25, 0.3) is 22.2 Å². The molecule has 2 amide bonds. The summed E-state index contributed by atoms with van der Waals surface area (Å²) in [6.45, 7) is 3.60. The van der Waals surface area contributed by atoms with E-state index in [2.05, 4.69) is 28.9 Å². The predicted molar refractivity (Wildman–Crippen MR) is 163 cm³/mol. The van der Waals surface area contributed by atoms with E-state index in [1.807, 2.05) is 19.1 Å². The minimum atomic E-state index is -0.624. The number of amides is 2. The van der Waals surface area contributed by atoms with Gasteiger partial charge < -0.3 is 4.74 Å². The molecule has 3 heterocycles. The first-order valence-electron chi connectivity index (χ1n) is 13.7. The summed E-state index contributed by atoms with van der Waals surface area (Å²) in [6.07, 6.45) is 3.05. The van der Waals surface area contributed by atoms with Crippen molar-refractivity contribution in [3.63, 3.8) is 0 Å². The van der Waals surface area contributed by atoms with Gasteiger partial charge in [0.05, 0.1) is 39.2 Å². The number of esters is 1. The molecule has 7 rings (SSSR count). The zero-order chi connectivity index (χ0) is 29.3. The Morgan fingerprint density at radius 1 is 1.05 bits per heavy atom. The number of halogens is 1. The lowest BCUT2D eigenvalue weighted by atomic mass is 9.82. The molecule has 0 spiro atoms. The SMILES string of the molecule is CC1=CC2CC1C1C(=O)N(c3ccc(-c4cc(C(=O)OCC(=O)c5cccs5)c5cc(Br)cc(C)c5n4)cc3)C(=O)C21. The summed E-state index contributed by atoms with van der Waals surface area (Å²) in [6, 6.07) is 16.0. The van der Waals surface area contributed by atoms with Gasteiger partial charge in [-0.3, -0.25) is 19.3 Å². The van der Waals surface area contributed by atoms with E-state index in [4.69, 9.17) is 9.72 Å². The monoisotopic (exact) mass is 640 g/mol. The fourth-order valence-electron chi connectivity index (χ4n) is 6.80. The highest BCUT2D eigenvalue weighted by Crippen LogP contribution is 2.56. The second-order valence-corrected chi connectivity index (χ2v) is 13.0. The van der Waals surface area contributed by atoms with E-state index in [9.17, 15) is 19.2 Å². The van der Waals surface area contributed by atoms with Crippen LogP contribution in [0.5, 0.6) is 0 Å². The first-order valence-corrected chi connectivity index (χ1v) is 15.4. The third kappa shape index (κ3) is 4.25. The Hall–Kier alpha value is -3.95. The number of thiophene rings is 1. The van der Waals surface area contributed by atoms with Gasteiger partial charge in [-0.15, -0.1) is 11.3 Å². The van der Waals surface area contributed by atoms with E-state index in [-0.39, 0.29) is 47.9 Å². The molecule has 4 atom stereocenters. The topological polar surface area (TPSA) is 93.6 Å². The number of ketones is 1. The van der Waals surface area contributed by atoms with Crippen LogP contribution >= 0.6 is 27.3 Å². The van der Waals surface area contributed by atoms with Crippen LogP contribution in [0.2, 0.25) is 0 Å². The normalized spacial score (nSPS) is 22.5. The van der Waals surface area contributed by atoms with Gasteiger partial charge in [-0.1, -0.05) is 45.8 Å². The van der Waals surface area contributed by atoms with Crippen molar-refractivity contribution >= 4 is 67.4 Å². The van der Waals surface area contributed by atoms with Gasteiger partial charge in [-0.2, -0.15) is 0 Å². The van der Waals surface area contributed by atoms with Crippen molar-refractivity contribution in [3.05, 3.63) is 92.1 Å². The van der Waals surface area contributed by atoms with Gasteiger partial charge in [0.2, 0.25) is 17.6 Å². The van der Waals surface area contributed by atoms with Gasteiger partial charge in [0, 0.05) is 15.4 Å². The van der Waals surface area contributed by atoms with Crippen LogP contribution in [0.1, 0.15) is 38.9 Å². The maximum Gasteiger partial charge on any atom is 0.339 e. The molecule has 2 aromatic carbocycles. The summed E-state index contributed by atoms with van der Waals surface area (Å²) >= 11 is 4.80. The summed E-state index contributed by atoms with van der Waals surface area (Å²) in [5.41, 5.74) is 4.78. The number of nitrogens with zero attached hydrogens (tertiary/aromatic N) is 2. The number of aromatic nitrogens is 1. The fourth-order valence-corrected chi connectivity index (χ4v) is 8.02. The standard InChI is InChI=1S/C33H25BrN2O5S/c1-16-10-19-12-22(16)29-28(19)31(38)36(32(29)39)21-7-5-18(6-8-21)25-14-24(23-13-20(34)11-17(2)30(23)35-25)33(40)41-15-26(37)27-4-3-9-42-27/h3-11,13-14,19,22,28-29H,12,15H2,1-2H3. The van der Waals surface area contributed by atoms with Crippen molar-refractivity contribution in [2.75, 3.05) is 11.5 Å².